The van der Waals surface area contributed by atoms with Crippen molar-refractivity contribution in [2.45, 2.75) is 6.42 Å². The van der Waals surface area contributed by atoms with Crippen molar-refractivity contribution in [1.29, 1.82) is 0 Å². The second kappa shape index (κ2) is 7.79. The van der Waals surface area contributed by atoms with Crippen molar-refractivity contribution in [3.05, 3.63) is 42.0 Å². The van der Waals surface area contributed by atoms with Crippen molar-refractivity contribution in [2.24, 2.45) is 0 Å². The number of thiol groups is 1. The molecule has 0 amide bonds. The molecule has 3 nitrogen and oxygen atoms in total. The molecule has 0 aliphatic heterocycles. The average Bonchev–Trinajstić information content (AvgIpc) is 2.36. The second-order valence-corrected chi connectivity index (χ2v) is 3.73. The second-order valence-electron chi connectivity index (χ2n) is 3.36. The van der Waals surface area contributed by atoms with E-state index in [4.69, 9.17) is 4.74 Å². The first-order chi connectivity index (χ1) is 8.26. The zero-order valence-electron chi connectivity index (χ0n) is 9.76. The Morgan fingerprint density at radius 2 is 2.00 bits per heavy atom. The van der Waals surface area contributed by atoms with Gasteiger partial charge in [0.1, 0.15) is 12.4 Å². The van der Waals surface area contributed by atoms with Crippen LogP contribution in [0.15, 0.2) is 36.4 Å². The number of rotatable bonds is 6. The molecule has 0 aliphatic rings. The summed E-state index contributed by atoms with van der Waals surface area (Å²) in [7, 11) is 1.38. The number of carbonyl (C=O) groups excluding carboxylic acids is 1. The van der Waals surface area contributed by atoms with E-state index in [-0.39, 0.29) is 12.4 Å². The third-order valence-electron chi connectivity index (χ3n) is 2.12. The lowest BCUT2D eigenvalue weighted by Gasteiger charge is -2.04. The van der Waals surface area contributed by atoms with Crippen molar-refractivity contribution >= 4 is 18.6 Å². The number of esters is 1. The van der Waals surface area contributed by atoms with E-state index >= 15 is 0 Å². The highest BCUT2D eigenvalue weighted by Gasteiger charge is 2.02. The first kappa shape index (κ1) is 13.6. The molecular weight excluding hydrogens is 236 g/mol. The predicted molar refractivity (Wildman–Crippen MR) is 70.7 cm³/mol. The van der Waals surface area contributed by atoms with E-state index in [9.17, 15) is 4.79 Å². The number of hydrogen-bond donors (Lipinski definition) is 1. The van der Waals surface area contributed by atoms with Gasteiger partial charge in [0.25, 0.3) is 0 Å². The van der Waals surface area contributed by atoms with Crippen LogP contribution in [-0.4, -0.2) is 25.4 Å². The maximum atomic E-state index is 11.0. The molecule has 4 heteroatoms. The average molecular weight is 252 g/mol. The third kappa shape index (κ3) is 5.45. The highest BCUT2D eigenvalue weighted by Crippen LogP contribution is 2.12. The molecule has 0 saturated heterocycles. The first-order valence-electron chi connectivity index (χ1n) is 5.30. The fraction of sp³-hybridized carbons (Fsp3) is 0.308. The molecule has 0 atom stereocenters. The van der Waals surface area contributed by atoms with Crippen molar-refractivity contribution in [2.75, 3.05) is 19.5 Å². The van der Waals surface area contributed by atoms with E-state index in [1.165, 1.54) is 7.11 Å². The van der Waals surface area contributed by atoms with Gasteiger partial charge >= 0.3 is 5.97 Å². The molecule has 0 aromatic heterocycles. The maximum absolute atomic E-state index is 11.0. The van der Waals surface area contributed by atoms with Crippen LogP contribution in [0.25, 0.3) is 0 Å². The van der Waals surface area contributed by atoms with Gasteiger partial charge in [-0.3, -0.25) is 4.79 Å². The topological polar surface area (TPSA) is 35.5 Å². The van der Waals surface area contributed by atoms with Crippen molar-refractivity contribution < 1.29 is 14.3 Å². The van der Waals surface area contributed by atoms with Crippen LogP contribution < -0.4 is 4.74 Å². The summed E-state index contributed by atoms with van der Waals surface area (Å²) >= 11 is 4.05. The highest BCUT2D eigenvalue weighted by molar-refractivity contribution is 7.80. The van der Waals surface area contributed by atoms with E-state index < -0.39 is 0 Å². The Hall–Kier alpha value is -1.42. The van der Waals surface area contributed by atoms with E-state index in [2.05, 4.69) is 17.4 Å². The lowest BCUT2D eigenvalue weighted by Crippen LogP contribution is -2.04. The van der Waals surface area contributed by atoms with Gasteiger partial charge in [0.2, 0.25) is 0 Å². The highest BCUT2D eigenvalue weighted by atomic mass is 32.1. The molecule has 0 aliphatic carbocycles. The van der Waals surface area contributed by atoms with Crippen LogP contribution in [0.2, 0.25) is 0 Å². The molecule has 0 heterocycles. The smallest absolute Gasteiger partial charge is 0.309 e. The Bertz CT molecular complexity index is 371. The Morgan fingerprint density at radius 1 is 1.29 bits per heavy atom. The summed E-state index contributed by atoms with van der Waals surface area (Å²) in [5.41, 5.74) is 0.912. The number of methoxy groups -OCH3 is 1. The zero-order chi connectivity index (χ0) is 12.5. The summed E-state index contributed by atoms with van der Waals surface area (Å²) in [4.78, 5) is 11.0. The molecule has 1 rings (SSSR count). The van der Waals surface area contributed by atoms with Gasteiger partial charge < -0.3 is 9.47 Å². The quantitative estimate of drug-likeness (QED) is 0.479. The van der Waals surface area contributed by atoms with Crippen LogP contribution in [0.1, 0.15) is 5.56 Å². The molecule has 0 saturated carbocycles. The van der Waals surface area contributed by atoms with Gasteiger partial charge in [0, 0.05) is 5.75 Å². The third-order valence-corrected chi connectivity index (χ3v) is 2.33. The Morgan fingerprint density at radius 3 is 2.59 bits per heavy atom. The molecule has 0 spiro atoms. The lowest BCUT2D eigenvalue weighted by molar-refractivity contribution is -0.139. The minimum atomic E-state index is -0.240. The van der Waals surface area contributed by atoms with Crippen molar-refractivity contribution in [1.82, 2.24) is 0 Å². The van der Waals surface area contributed by atoms with E-state index in [1.54, 1.807) is 0 Å². The fourth-order valence-electron chi connectivity index (χ4n) is 1.23. The van der Waals surface area contributed by atoms with Crippen LogP contribution >= 0.6 is 12.6 Å². The summed E-state index contributed by atoms with van der Waals surface area (Å²) in [6.45, 7) is 0.525. The molecule has 1 aromatic rings. The Kier molecular flexibility index (Phi) is 6.25. The van der Waals surface area contributed by atoms with Gasteiger partial charge in [-0.15, -0.1) is 0 Å². The SMILES string of the molecule is COC(=O)Cc1ccc(OCC=CCS)cc1. The minimum absolute atomic E-state index is 0.240. The minimum Gasteiger partial charge on any atom is -0.490 e. The fourth-order valence-corrected chi connectivity index (χ4v) is 1.38. The molecule has 17 heavy (non-hydrogen) atoms. The lowest BCUT2D eigenvalue weighted by atomic mass is 10.1. The molecular formula is C13H16O3S. The van der Waals surface area contributed by atoms with E-state index in [1.807, 2.05) is 36.4 Å². The number of benzene rings is 1. The molecule has 0 unspecified atom stereocenters. The van der Waals surface area contributed by atoms with Crippen LogP contribution in [0.4, 0.5) is 0 Å². The van der Waals surface area contributed by atoms with Gasteiger partial charge in [-0.05, 0) is 17.7 Å². The molecule has 0 radical (unpaired) electrons. The molecule has 1 aromatic carbocycles. The molecule has 0 fully saturated rings. The standard InChI is InChI=1S/C13H16O3S/c1-15-13(14)10-11-4-6-12(7-5-11)16-8-2-3-9-17/h2-7,17H,8-10H2,1H3. The van der Waals surface area contributed by atoms with Gasteiger partial charge in [-0.2, -0.15) is 12.6 Å². The molecule has 0 bridgehead atoms. The van der Waals surface area contributed by atoms with Crippen molar-refractivity contribution in [3.8, 4) is 5.75 Å². The van der Waals surface area contributed by atoms with E-state index in [0.29, 0.717) is 12.4 Å². The first-order valence-corrected chi connectivity index (χ1v) is 5.94. The number of hydrogen-bond acceptors (Lipinski definition) is 4. The van der Waals surface area contributed by atoms with Crippen LogP contribution in [-0.2, 0) is 16.0 Å². The molecule has 92 valence electrons. The molecule has 0 N–H and O–H groups in total. The van der Waals surface area contributed by atoms with Crippen LogP contribution in [0, 0.1) is 0 Å². The predicted octanol–water partition coefficient (Wildman–Crippen LogP) is 2.27. The van der Waals surface area contributed by atoms with Gasteiger partial charge in [0.05, 0.1) is 13.5 Å². The van der Waals surface area contributed by atoms with Gasteiger partial charge in [0.15, 0.2) is 0 Å². The largest absolute Gasteiger partial charge is 0.490 e. The maximum Gasteiger partial charge on any atom is 0.309 e. The van der Waals surface area contributed by atoms with Gasteiger partial charge in [-0.25, -0.2) is 0 Å². The summed E-state index contributed by atoms with van der Waals surface area (Å²) < 4.78 is 10.0. The monoisotopic (exact) mass is 252 g/mol. The van der Waals surface area contributed by atoms with Crippen LogP contribution in [0.5, 0.6) is 5.75 Å². The summed E-state index contributed by atoms with van der Waals surface area (Å²) in [6.07, 6.45) is 4.13. The summed E-state index contributed by atoms with van der Waals surface area (Å²) in [5, 5.41) is 0. The zero-order valence-corrected chi connectivity index (χ0v) is 10.7. The number of carbonyl (C=O) groups is 1. The van der Waals surface area contributed by atoms with E-state index in [0.717, 1.165) is 11.3 Å². The summed E-state index contributed by atoms with van der Waals surface area (Å²) in [6, 6.07) is 7.39. The summed E-state index contributed by atoms with van der Waals surface area (Å²) in [5.74, 6) is 1.25. The normalized spacial score (nSPS) is 10.5. The number of ether oxygens (including phenoxy) is 2. The van der Waals surface area contributed by atoms with Gasteiger partial charge in [-0.1, -0.05) is 24.3 Å². The Balaban J connectivity index is 2.44. The van der Waals surface area contributed by atoms with Crippen LogP contribution in [0.3, 0.4) is 0 Å². The van der Waals surface area contributed by atoms with Crippen molar-refractivity contribution in [3.63, 3.8) is 0 Å². The Labute approximate surface area is 107 Å².